The van der Waals surface area contributed by atoms with Crippen molar-refractivity contribution in [1.29, 1.82) is 0 Å². The van der Waals surface area contributed by atoms with Crippen molar-refractivity contribution >= 4 is 34.1 Å². The Labute approximate surface area is 149 Å². The summed E-state index contributed by atoms with van der Waals surface area (Å²) in [6.45, 7) is 4.51. The molecule has 1 amide bonds. The first-order valence-electron chi connectivity index (χ1n) is 8.14. The molecule has 0 unspecified atom stereocenters. The maximum atomic E-state index is 12.0. The Morgan fingerprint density at radius 2 is 2.25 bits per heavy atom. The number of allylic oxidation sites excluding steroid dienone is 1. The van der Waals surface area contributed by atoms with Crippen molar-refractivity contribution in [3.05, 3.63) is 30.1 Å². The van der Waals surface area contributed by atoms with Gasteiger partial charge in [0.25, 0.3) is 0 Å². The van der Waals surface area contributed by atoms with Gasteiger partial charge in [0, 0.05) is 24.0 Å². The number of carbonyl (C=O) groups excluding carboxylic acids is 1. The largest absolute Gasteiger partial charge is 0.302 e. The SMILES string of the molecule is C=CCn1c(SCC(=O)Nc2nccs2)nnc1C1CCCCC1. The van der Waals surface area contributed by atoms with Gasteiger partial charge in [-0.25, -0.2) is 4.98 Å². The third kappa shape index (κ3) is 4.24. The summed E-state index contributed by atoms with van der Waals surface area (Å²) in [5, 5.41) is 14.7. The fourth-order valence-corrected chi connectivity index (χ4v) is 4.24. The maximum Gasteiger partial charge on any atom is 0.236 e. The molecule has 0 aromatic carbocycles. The average Bonchev–Trinajstić information content (AvgIpc) is 3.24. The molecular formula is C16H21N5OS2. The number of aromatic nitrogens is 4. The predicted octanol–water partition coefficient (Wildman–Crippen LogP) is 3.70. The highest BCUT2D eigenvalue weighted by Gasteiger charge is 2.23. The molecule has 128 valence electrons. The Kier molecular flexibility index (Phi) is 6.03. The lowest BCUT2D eigenvalue weighted by Gasteiger charge is -2.21. The van der Waals surface area contributed by atoms with E-state index < -0.39 is 0 Å². The molecule has 0 aliphatic heterocycles. The van der Waals surface area contributed by atoms with Crippen LogP contribution in [0.25, 0.3) is 0 Å². The molecule has 6 nitrogen and oxygen atoms in total. The minimum absolute atomic E-state index is 0.0812. The zero-order chi connectivity index (χ0) is 16.8. The molecule has 8 heteroatoms. The second kappa shape index (κ2) is 8.43. The lowest BCUT2D eigenvalue weighted by molar-refractivity contribution is -0.113. The van der Waals surface area contributed by atoms with Gasteiger partial charge in [0.05, 0.1) is 5.75 Å². The van der Waals surface area contributed by atoms with Gasteiger partial charge in [-0.05, 0) is 12.8 Å². The van der Waals surface area contributed by atoms with Gasteiger partial charge >= 0.3 is 0 Å². The number of amides is 1. The van der Waals surface area contributed by atoms with E-state index in [1.54, 1.807) is 6.20 Å². The lowest BCUT2D eigenvalue weighted by Crippen LogP contribution is -2.15. The first kappa shape index (κ1) is 17.2. The fourth-order valence-electron chi connectivity index (χ4n) is 2.94. The zero-order valence-electron chi connectivity index (χ0n) is 13.5. The fraction of sp³-hybridized carbons (Fsp3) is 0.500. The highest BCUT2D eigenvalue weighted by Crippen LogP contribution is 2.33. The Balaban J connectivity index is 1.65. The highest BCUT2D eigenvalue weighted by molar-refractivity contribution is 7.99. The number of anilines is 1. The molecule has 2 aromatic rings. The number of carbonyl (C=O) groups is 1. The summed E-state index contributed by atoms with van der Waals surface area (Å²) in [6, 6.07) is 0. The van der Waals surface area contributed by atoms with Crippen LogP contribution in [-0.4, -0.2) is 31.4 Å². The Morgan fingerprint density at radius 1 is 1.42 bits per heavy atom. The van der Waals surface area contributed by atoms with Crippen LogP contribution in [0.5, 0.6) is 0 Å². The Hall–Kier alpha value is -1.67. The van der Waals surface area contributed by atoms with Crippen molar-refractivity contribution in [3.8, 4) is 0 Å². The maximum absolute atomic E-state index is 12.0. The summed E-state index contributed by atoms with van der Waals surface area (Å²) in [6.07, 6.45) is 9.69. The number of nitrogens with one attached hydrogen (secondary N) is 1. The molecule has 0 bridgehead atoms. The molecular weight excluding hydrogens is 342 g/mol. The molecule has 3 rings (SSSR count). The van der Waals surface area contributed by atoms with Crippen LogP contribution in [-0.2, 0) is 11.3 Å². The normalized spacial score (nSPS) is 15.3. The van der Waals surface area contributed by atoms with Crippen molar-refractivity contribution in [2.45, 2.75) is 49.7 Å². The van der Waals surface area contributed by atoms with Crippen LogP contribution in [0.1, 0.15) is 43.8 Å². The monoisotopic (exact) mass is 363 g/mol. The predicted molar refractivity (Wildman–Crippen MR) is 97.5 cm³/mol. The van der Waals surface area contributed by atoms with Crippen molar-refractivity contribution in [1.82, 2.24) is 19.7 Å². The van der Waals surface area contributed by atoms with E-state index in [9.17, 15) is 4.79 Å². The average molecular weight is 364 g/mol. The van der Waals surface area contributed by atoms with Crippen LogP contribution in [0.2, 0.25) is 0 Å². The third-order valence-corrected chi connectivity index (χ3v) is 5.69. The van der Waals surface area contributed by atoms with Crippen molar-refractivity contribution in [2.24, 2.45) is 0 Å². The Morgan fingerprint density at radius 3 is 2.96 bits per heavy atom. The number of hydrogen-bond donors (Lipinski definition) is 1. The van der Waals surface area contributed by atoms with E-state index in [0.717, 1.165) is 11.0 Å². The number of thioether (sulfide) groups is 1. The van der Waals surface area contributed by atoms with Crippen LogP contribution < -0.4 is 5.32 Å². The zero-order valence-corrected chi connectivity index (χ0v) is 15.1. The number of thiazole rings is 1. The van der Waals surface area contributed by atoms with Crippen molar-refractivity contribution in [2.75, 3.05) is 11.1 Å². The molecule has 0 radical (unpaired) electrons. The van der Waals surface area contributed by atoms with Crippen LogP contribution in [0, 0.1) is 0 Å². The van der Waals surface area contributed by atoms with Crippen LogP contribution >= 0.6 is 23.1 Å². The summed E-state index contributed by atoms with van der Waals surface area (Å²) in [4.78, 5) is 16.1. The van der Waals surface area contributed by atoms with Gasteiger partial charge < -0.3 is 9.88 Å². The number of rotatable bonds is 7. The van der Waals surface area contributed by atoms with Crippen LogP contribution in [0.4, 0.5) is 5.13 Å². The van der Waals surface area contributed by atoms with Gasteiger partial charge in [0.15, 0.2) is 10.3 Å². The van der Waals surface area contributed by atoms with Gasteiger partial charge in [-0.3, -0.25) is 4.79 Å². The number of hydrogen-bond acceptors (Lipinski definition) is 6. The van der Waals surface area contributed by atoms with E-state index in [1.807, 2.05) is 11.5 Å². The molecule has 2 heterocycles. The topological polar surface area (TPSA) is 72.7 Å². The standard InChI is InChI=1S/C16H21N5OS2/c1-2-9-21-14(12-6-4-3-5-7-12)19-20-16(21)24-11-13(22)18-15-17-8-10-23-15/h2,8,10,12H,1,3-7,9,11H2,(H,17,18,22). The molecule has 1 fully saturated rings. The lowest BCUT2D eigenvalue weighted by atomic mass is 9.89. The minimum atomic E-state index is -0.0812. The van der Waals surface area contributed by atoms with Crippen LogP contribution in [0.3, 0.4) is 0 Å². The van der Waals surface area contributed by atoms with Gasteiger partial charge in [0.2, 0.25) is 5.91 Å². The van der Waals surface area contributed by atoms with E-state index >= 15 is 0 Å². The van der Waals surface area contributed by atoms with Gasteiger partial charge in [-0.1, -0.05) is 37.1 Å². The first-order valence-corrected chi connectivity index (χ1v) is 10.0. The van der Waals surface area contributed by atoms with Crippen molar-refractivity contribution < 1.29 is 4.79 Å². The Bertz CT molecular complexity index is 677. The van der Waals surface area contributed by atoms with Gasteiger partial charge in [-0.2, -0.15) is 0 Å². The molecule has 1 aliphatic rings. The third-order valence-electron chi connectivity index (χ3n) is 4.04. The molecule has 1 N–H and O–H groups in total. The van der Waals surface area contributed by atoms with E-state index in [0.29, 0.717) is 23.3 Å². The first-order chi connectivity index (χ1) is 11.8. The van der Waals surface area contributed by atoms with E-state index in [1.165, 1.54) is 55.2 Å². The summed E-state index contributed by atoms with van der Waals surface area (Å²) in [7, 11) is 0. The van der Waals surface area contributed by atoms with Gasteiger partial charge in [0.1, 0.15) is 5.82 Å². The van der Waals surface area contributed by atoms with E-state index in [4.69, 9.17) is 0 Å². The highest BCUT2D eigenvalue weighted by atomic mass is 32.2. The molecule has 2 aromatic heterocycles. The molecule has 1 saturated carbocycles. The van der Waals surface area contributed by atoms with Crippen LogP contribution in [0.15, 0.2) is 29.4 Å². The number of nitrogens with zero attached hydrogens (tertiary/aromatic N) is 4. The molecule has 0 atom stereocenters. The minimum Gasteiger partial charge on any atom is -0.302 e. The molecule has 0 spiro atoms. The van der Waals surface area contributed by atoms with E-state index in [2.05, 4.69) is 31.6 Å². The summed E-state index contributed by atoms with van der Waals surface area (Å²) >= 11 is 2.82. The molecule has 24 heavy (non-hydrogen) atoms. The van der Waals surface area contributed by atoms with Gasteiger partial charge in [-0.15, -0.1) is 28.1 Å². The summed E-state index contributed by atoms with van der Waals surface area (Å²) in [5.41, 5.74) is 0. The van der Waals surface area contributed by atoms with Crippen molar-refractivity contribution in [3.63, 3.8) is 0 Å². The smallest absolute Gasteiger partial charge is 0.236 e. The molecule has 1 aliphatic carbocycles. The second-order valence-electron chi connectivity index (χ2n) is 5.75. The second-order valence-corrected chi connectivity index (χ2v) is 7.59. The summed E-state index contributed by atoms with van der Waals surface area (Å²) < 4.78 is 2.10. The quantitative estimate of drug-likeness (QED) is 0.600. The molecule has 0 saturated heterocycles. The van der Waals surface area contributed by atoms with E-state index in [-0.39, 0.29) is 5.91 Å². The summed E-state index contributed by atoms with van der Waals surface area (Å²) in [5.74, 6) is 1.73.